The molecule has 3 rings (SSSR count). The van der Waals surface area contributed by atoms with Gasteiger partial charge in [0.2, 0.25) is 0 Å². The molecule has 0 aliphatic heterocycles. The Bertz CT molecular complexity index is 877. The van der Waals surface area contributed by atoms with E-state index in [1.165, 1.54) is 0 Å². The van der Waals surface area contributed by atoms with E-state index < -0.39 is 0 Å². The summed E-state index contributed by atoms with van der Waals surface area (Å²) >= 11 is 0. The van der Waals surface area contributed by atoms with Crippen molar-refractivity contribution in [2.75, 3.05) is 27.2 Å². The number of carbonyl (C=O) groups is 1. The number of pyridine rings is 1. The molecular weight excluding hydrogens is 322 g/mol. The van der Waals surface area contributed by atoms with Crippen LogP contribution in [-0.2, 0) is 0 Å². The second kappa shape index (κ2) is 7.60. The fraction of sp³-hybridized carbons (Fsp3) is 0.263. The summed E-state index contributed by atoms with van der Waals surface area (Å²) in [5.41, 5.74) is 3.47. The standard InChI is InChI=1S/C19H21N3O.ClH/c1-13-7-8-14-12-15-5-4-6-16(18(15)21-17(14)11-13)19(23)20-9-10-22(2)3;/h4-8,11-12H,9-10H2,1-3H3,(H,20,23);1H. The van der Waals surface area contributed by atoms with E-state index in [9.17, 15) is 4.79 Å². The van der Waals surface area contributed by atoms with Crippen LogP contribution in [-0.4, -0.2) is 43.0 Å². The number of hydrogen-bond acceptors (Lipinski definition) is 3. The molecule has 0 spiro atoms. The maximum absolute atomic E-state index is 12.5. The summed E-state index contributed by atoms with van der Waals surface area (Å²) in [4.78, 5) is 19.2. The van der Waals surface area contributed by atoms with E-state index in [2.05, 4.69) is 29.6 Å². The number of aromatic nitrogens is 1. The second-order valence-corrected chi connectivity index (χ2v) is 6.12. The van der Waals surface area contributed by atoms with Crippen LogP contribution in [0.5, 0.6) is 0 Å². The number of aryl methyl sites for hydroxylation is 1. The predicted octanol–water partition coefficient (Wildman–Crippen LogP) is 3.41. The van der Waals surface area contributed by atoms with Crippen molar-refractivity contribution in [1.82, 2.24) is 15.2 Å². The quantitative estimate of drug-likeness (QED) is 0.738. The molecule has 5 heteroatoms. The van der Waals surface area contributed by atoms with E-state index >= 15 is 0 Å². The molecule has 0 unspecified atom stereocenters. The molecule has 0 fully saturated rings. The Labute approximate surface area is 148 Å². The predicted molar refractivity (Wildman–Crippen MR) is 102 cm³/mol. The first-order chi connectivity index (χ1) is 11.0. The average molecular weight is 344 g/mol. The Morgan fingerprint density at radius 2 is 1.92 bits per heavy atom. The zero-order chi connectivity index (χ0) is 16.4. The Morgan fingerprint density at radius 1 is 1.12 bits per heavy atom. The maximum atomic E-state index is 12.5. The van der Waals surface area contributed by atoms with E-state index in [0.29, 0.717) is 12.1 Å². The van der Waals surface area contributed by atoms with Crippen molar-refractivity contribution in [2.45, 2.75) is 6.92 Å². The van der Waals surface area contributed by atoms with Crippen LogP contribution < -0.4 is 5.32 Å². The maximum Gasteiger partial charge on any atom is 0.253 e. The second-order valence-electron chi connectivity index (χ2n) is 6.12. The van der Waals surface area contributed by atoms with Gasteiger partial charge in [-0.25, -0.2) is 4.98 Å². The highest BCUT2D eigenvalue weighted by molar-refractivity contribution is 6.07. The molecule has 0 radical (unpaired) electrons. The Balaban J connectivity index is 0.00000208. The molecular formula is C19H22ClN3O. The molecule has 1 amide bonds. The first-order valence-electron chi connectivity index (χ1n) is 7.77. The smallest absolute Gasteiger partial charge is 0.253 e. The molecule has 0 bridgehead atoms. The molecule has 1 aromatic heterocycles. The fourth-order valence-corrected chi connectivity index (χ4v) is 2.63. The lowest BCUT2D eigenvalue weighted by atomic mass is 10.1. The van der Waals surface area contributed by atoms with Gasteiger partial charge in [0.15, 0.2) is 0 Å². The molecule has 0 saturated heterocycles. The minimum absolute atomic E-state index is 0. The van der Waals surface area contributed by atoms with Crippen LogP contribution in [0.15, 0.2) is 42.5 Å². The van der Waals surface area contributed by atoms with Gasteiger partial charge < -0.3 is 10.2 Å². The van der Waals surface area contributed by atoms with Crippen LogP contribution >= 0.6 is 12.4 Å². The number of likely N-dealkylation sites (N-methyl/N-ethyl adjacent to an activating group) is 1. The van der Waals surface area contributed by atoms with Gasteiger partial charge in [-0.1, -0.05) is 24.3 Å². The highest BCUT2D eigenvalue weighted by Crippen LogP contribution is 2.23. The summed E-state index contributed by atoms with van der Waals surface area (Å²) in [6.45, 7) is 3.48. The van der Waals surface area contributed by atoms with Crippen molar-refractivity contribution in [1.29, 1.82) is 0 Å². The number of hydrogen-bond donors (Lipinski definition) is 1. The SMILES string of the molecule is Cc1ccc2cc3cccc(C(=O)NCCN(C)C)c3nc2c1.Cl. The van der Waals surface area contributed by atoms with Gasteiger partial charge in [-0.15, -0.1) is 12.4 Å². The third-order valence-electron chi connectivity index (χ3n) is 3.89. The number of amides is 1. The monoisotopic (exact) mass is 343 g/mol. The molecule has 126 valence electrons. The van der Waals surface area contributed by atoms with Gasteiger partial charge in [-0.2, -0.15) is 0 Å². The van der Waals surface area contributed by atoms with E-state index in [1.807, 2.05) is 44.1 Å². The first-order valence-corrected chi connectivity index (χ1v) is 7.77. The molecule has 4 nitrogen and oxygen atoms in total. The number of rotatable bonds is 4. The topological polar surface area (TPSA) is 45.2 Å². The van der Waals surface area contributed by atoms with Crippen molar-refractivity contribution in [3.8, 4) is 0 Å². The Morgan fingerprint density at radius 3 is 2.67 bits per heavy atom. The van der Waals surface area contributed by atoms with E-state index in [-0.39, 0.29) is 18.3 Å². The number of benzene rings is 2. The van der Waals surface area contributed by atoms with Gasteiger partial charge in [0, 0.05) is 23.9 Å². The van der Waals surface area contributed by atoms with Crippen LogP contribution in [0.25, 0.3) is 21.8 Å². The van der Waals surface area contributed by atoms with Gasteiger partial charge in [-0.3, -0.25) is 4.79 Å². The summed E-state index contributed by atoms with van der Waals surface area (Å²) in [5, 5.41) is 5.04. The zero-order valence-electron chi connectivity index (χ0n) is 14.2. The minimum Gasteiger partial charge on any atom is -0.351 e. The number of halogens is 1. The van der Waals surface area contributed by atoms with Gasteiger partial charge in [-0.05, 0) is 44.8 Å². The summed E-state index contributed by atoms with van der Waals surface area (Å²) in [6, 6.07) is 14.0. The minimum atomic E-state index is -0.0723. The zero-order valence-corrected chi connectivity index (χ0v) is 15.0. The van der Waals surface area contributed by atoms with Crippen LogP contribution in [0.2, 0.25) is 0 Å². The largest absolute Gasteiger partial charge is 0.351 e. The van der Waals surface area contributed by atoms with Gasteiger partial charge in [0.25, 0.3) is 5.91 Å². The highest BCUT2D eigenvalue weighted by Gasteiger charge is 2.11. The lowest BCUT2D eigenvalue weighted by molar-refractivity contribution is 0.0952. The number of nitrogens with one attached hydrogen (secondary N) is 1. The molecule has 24 heavy (non-hydrogen) atoms. The molecule has 1 heterocycles. The van der Waals surface area contributed by atoms with Crippen LogP contribution in [0.1, 0.15) is 15.9 Å². The van der Waals surface area contributed by atoms with Crippen LogP contribution in [0.3, 0.4) is 0 Å². The van der Waals surface area contributed by atoms with E-state index in [0.717, 1.165) is 33.9 Å². The number of fused-ring (bicyclic) bond motifs is 2. The number of para-hydroxylation sites is 1. The molecule has 1 N–H and O–H groups in total. The van der Waals surface area contributed by atoms with Gasteiger partial charge >= 0.3 is 0 Å². The van der Waals surface area contributed by atoms with Crippen molar-refractivity contribution in [3.05, 3.63) is 53.6 Å². The van der Waals surface area contributed by atoms with Gasteiger partial charge in [0.1, 0.15) is 0 Å². The van der Waals surface area contributed by atoms with E-state index in [1.54, 1.807) is 0 Å². The van der Waals surface area contributed by atoms with Crippen molar-refractivity contribution < 1.29 is 4.79 Å². The molecule has 0 aliphatic rings. The Hall–Kier alpha value is -2.17. The highest BCUT2D eigenvalue weighted by atomic mass is 35.5. The first kappa shape index (κ1) is 18.2. The normalized spacial score (nSPS) is 10.8. The number of nitrogens with zero attached hydrogens (tertiary/aromatic N) is 2. The molecule has 0 saturated carbocycles. The Kier molecular flexibility index (Phi) is 5.75. The molecule has 2 aromatic carbocycles. The van der Waals surface area contributed by atoms with Crippen LogP contribution in [0, 0.1) is 6.92 Å². The average Bonchev–Trinajstić information content (AvgIpc) is 2.51. The van der Waals surface area contributed by atoms with Gasteiger partial charge in [0.05, 0.1) is 16.6 Å². The van der Waals surface area contributed by atoms with Crippen molar-refractivity contribution in [2.24, 2.45) is 0 Å². The van der Waals surface area contributed by atoms with Crippen LogP contribution in [0.4, 0.5) is 0 Å². The summed E-state index contributed by atoms with van der Waals surface area (Å²) in [5.74, 6) is -0.0723. The summed E-state index contributed by atoms with van der Waals surface area (Å²) in [6.07, 6.45) is 0. The summed E-state index contributed by atoms with van der Waals surface area (Å²) in [7, 11) is 3.97. The molecule has 0 aliphatic carbocycles. The lowest BCUT2D eigenvalue weighted by Gasteiger charge is -2.11. The lowest BCUT2D eigenvalue weighted by Crippen LogP contribution is -2.31. The third kappa shape index (κ3) is 3.83. The number of carbonyl (C=O) groups excluding carboxylic acids is 1. The molecule has 0 atom stereocenters. The van der Waals surface area contributed by atoms with E-state index in [4.69, 9.17) is 4.98 Å². The fourth-order valence-electron chi connectivity index (χ4n) is 2.63. The third-order valence-corrected chi connectivity index (χ3v) is 3.89. The molecule has 3 aromatic rings. The summed E-state index contributed by atoms with van der Waals surface area (Å²) < 4.78 is 0. The van der Waals surface area contributed by atoms with Crippen molar-refractivity contribution in [3.63, 3.8) is 0 Å². The van der Waals surface area contributed by atoms with Crippen molar-refractivity contribution >= 4 is 40.1 Å².